The summed E-state index contributed by atoms with van der Waals surface area (Å²) in [5, 5.41) is 6.66. The van der Waals surface area contributed by atoms with Gasteiger partial charge < -0.3 is 10.6 Å². The maximum absolute atomic E-state index is 12.2. The molecule has 2 N–H and O–H groups in total. The van der Waals surface area contributed by atoms with Gasteiger partial charge in [-0.15, -0.1) is 0 Å². The van der Waals surface area contributed by atoms with E-state index in [9.17, 15) is 4.79 Å². The number of amides is 1. The maximum atomic E-state index is 12.2. The standard InChI is InChI=1S/C15H28N2O/c1-11-5-4-6-13(16-11)14(18)17-12-7-9-15(2,3)10-8-12/h11-13,16H,4-10H2,1-3H3,(H,17,18). The third kappa shape index (κ3) is 3.71. The Hall–Kier alpha value is -0.570. The Kier molecular flexibility index (Phi) is 4.31. The quantitative estimate of drug-likeness (QED) is 0.793. The highest BCUT2D eigenvalue weighted by Crippen LogP contribution is 2.35. The van der Waals surface area contributed by atoms with Gasteiger partial charge in [-0.25, -0.2) is 0 Å². The largest absolute Gasteiger partial charge is 0.352 e. The number of carbonyl (C=O) groups excluding carboxylic acids is 1. The summed E-state index contributed by atoms with van der Waals surface area (Å²) in [6, 6.07) is 0.938. The SMILES string of the molecule is CC1CCCC(C(=O)NC2CCC(C)(C)CC2)N1. The van der Waals surface area contributed by atoms with Crippen molar-refractivity contribution in [2.24, 2.45) is 5.41 Å². The van der Waals surface area contributed by atoms with E-state index in [4.69, 9.17) is 0 Å². The lowest BCUT2D eigenvalue weighted by atomic mass is 9.75. The second-order valence-corrected chi connectivity index (χ2v) is 7.00. The van der Waals surface area contributed by atoms with Crippen LogP contribution in [-0.2, 0) is 4.79 Å². The fourth-order valence-electron chi connectivity index (χ4n) is 3.19. The maximum Gasteiger partial charge on any atom is 0.237 e. The summed E-state index contributed by atoms with van der Waals surface area (Å²) in [5.41, 5.74) is 0.471. The van der Waals surface area contributed by atoms with E-state index in [1.54, 1.807) is 0 Å². The molecule has 0 aromatic carbocycles. The van der Waals surface area contributed by atoms with Gasteiger partial charge in [-0.3, -0.25) is 4.79 Å². The van der Waals surface area contributed by atoms with Crippen LogP contribution >= 0.6 is 0 Å². The lowest BCUT2D eigenvalue weighted by Gasteiger charge is -2.36. The fraction of sp³-hybridized carbons (Fsp3) is 0.933. The van der Waals surface area contributed by atoms with Gasteiger partial charge in [0.15, 0.2) is 0 Å². The first kappa shape index (κ1) is 13.9. The number of carbonyl (C=O) groups is 1. The van der Waals surface area contributed by atoms with Crippen LogP contribution in [0, 0.1) is 5.41 Å². The molecular weight excluding hydrogens is 224 g/mol. The summed E-state index contributed by atoms with van der Waals surface area (Å²) in [6.07, 6.45) is 8.10. The van der Waals surface area contributed by atoms with Crippen LogP contribution < -0.4 is 10.6 Å². The smallest absolute Gasteiger partial charge is 0.237 e. The fourth-order valence-corrected chi connectivity index (χ4v) is 3.19. The molecule has 1 saturated carbocycles. The molecule has 2 aliphatic rings. The monoisotopic (exact) mass is 252 g/mol. The molecule has 2 rings (SSSR count). The topological polar surface area (TPSA) is 41.1 Å². The van der Waals surface area contributed by atoms with Crippen molar-refractivity contribution in [2.45, 2.75) is 83.8 Å². The van der Waals surface area contributed by atoms with E-state index in [-0.39, 0.29) is 11.9 Å². The van der Waals surface area contributed by atoms with Gasteiger partial charge in [-0.05, 0) is 57.3 Å². The normalized spacial score (nSPS) is 33.1. The Morgan fingerprint density at radius 2 is 1.83 bits per heavy atom. The summed E-state index contributed by atoms with van der Waals surface area (Å²) in [7, 11) is 0. The molecule has 2 fully saturated rings. The Bertz CT molecular complexity index is 291. The van der Waals surface area contributed by atoms with E-state index >= 15 is 0 Å². The summed E-state index contributed by atoms with van der Waals surface area (Å²) >= 11 is 0. The van der Waals surface area contributed by atoms with E-state index < -0.39 is 0 Å². The number of hydrogen-bond acceptors (Lipinski definition) is 2. The molecular formula is C15H28N2O. The zero-order chi connectivity index (χ0) is 13.2. The van der Waals surface area contributed by atoms with Crippen LogP contribution in [0.4, 0.5) is 0 Å². The molecule has 2 unspecified atom stereocenters. The van der Waals surface area contributed by atoms with Crippen LogP contribution in [-0.4, -0.2) is 24.0 Å². The predicted molar refractivity (Wildman–Crippen MR) is 74.4 cm³/mol. The van der Waals surface area contributed by atoms with Crippen molar-refractivity contribution >= 4 is 5.91 Å². The average molecular weight is 252 g/mol. The van der Waals surface area contributed by atoms with Gasteiger partial charge in [-0.1, -0.05) is 13.8 Å². The van der Waals surface area contributed by atoms with Gasteiger partial charge in [0.25, 0.3) is 0 Å². The van der Waals surface area contributed by atoms with Crippen LogP contribution in [0.25, 0.3) is 0 Å². The van der Waals surface area contributed by atoms with Gasteiger partial charge in [0.05, 0.1) is 6.04 Å². The highest BCUT2D eigenvalue weighted by atomic mass is 16.2. The second-order valence-electron chi connectivity index (χ2n) is 7.00. The summed E-state index contributed by atoms with van der Waals surface area (Å²) in [6.45, 7) is 6.83. The number of nitrogens with one attached hydrogen (secondary N) is 2. The van der Waals surface area contributed by atoms with E-state index in [0.717, 1.165) is 19.3 Å². The molecule has 0 spiro atoms. The van der Waals surface area contributed by atoms with Crippen LogP contribution in [0.2, 0.25) is 0 Å². The van der Waals surface area contributed by atoms with E-state index in [0.29, 0.717) is 17.5 Å². The molecule has 18 heavy (non-hydrogen) atoms. The van der Waals surface area contributed by atoms with Crippen LogP contribution in [0.1, 0.15) is 65.7 Å². The molecule has 1 amide bonds. The molecule has 1 saturated heterocycles. The summed E-state index contributed by atoms with van der Waals surface area (Å²) < 4.78 is 0. The zero-order valence-electron chi connectivity index (χ0n) is 12.1. The van der Waals surface area contributed by atoms with Crippen molar-refractivity contribution in [3.05, 3.63) is 0 Å². The first-order chi connectivity index (χ1) is 8.46. The molecule has 0 aromatic heterocycles. The van der Waals surface area contributed by atoms with Crippen molar-refractivity contribution in [1.29, 1.82) is 0 Å². The molecule has 0 aromatic rings. The van der Waals surface area contributed by atoms with Gasteiger partial charge in [-0.2, -0.15) is 0 Å². The minimum atomic E-state index is 0.0451. The summed E-state index contributed by atoms with van der Waals surface area (Å²) in [4.78, 5) is 12.2. The number of hydrogen-bond donors (Lipinski definition) is 2. The average Bonchev–Trinajstić information content (AvgIpc) is 2.32. The third-order valence-corrected chi connectivity index (χ3v) is 4.62. The molecule has 1 aliphatic heterocycles. The first-order valence-electron chi connectivity index (χ1n) is 7.53. The molecule has 3 nitrogen and oxygen atoms in total. The minimum Gasteiger partial charge on any atom is -0.352 e. The van der Waals surface area contributed by atoms with Crippen LogP contribution in [0.3, 0.4) is 0 Å². The van der Waals surface area contributed by atoms with Crippen molar-refractivity contribution < 1.29 is 4.79 Å². The van der Waals surface area contributed by atoms with Gasteiger partial charge >= 0.3 is 0 Å². The molecule has 0 radical (unpaired) electrons. The van der Waals surface area contributed by atoms with Crippen LogP contribution in [0.5, 0.6) is 0 Å². The number of piperidine rings is 1. The zero-order valence-corrected chi connectivity index (χ0v) is 12.1. The Morgan fingerprint density at radius 1 is 1.17 bits per heavy atom. The molecule has 2 atom stereocenters. The molecule has 1 heterocycles. The van der Waals surface area contributed by atoms with E-state index in [1.165, 1.54) is 25.7 Å². The van der Waals surface area contributed by atoms with Crippen molar-refractivity contribution in [3.63, 3.8) is 0 Å². The van der Waals surface area contributed by atoms with Gasteiger partial charge in [0, 0.05) is 12.1 Å². The Balaban J connectivity index is 1.77. The molecule has 0 bridgehead atoms. The Labute approximate surface area is 111 Å². The van der Waals surface area contributed by atoms with E-state index in [1.807, 2.05) is 0 Å². The predicted octanol–water partition coefficient (Wildman–Crippen LogP) is 2.60. The van der Waals surface area contributed by atoms with Gasteiger partial charge in [0.1, 0.15) is 0 Å². The minimum absolute atomic E-state index is 0.0451. The highest BCUT2D eigenvalue weighted by Gasteiger charge is 2.30. The number of rotatable bonds is 2. The lowest BCUT2D eigenvalue weighted by Crippen LogP contribution is -2.52. The molecule has 104 valence electrons. The van der Waals surface area contributed by atoms with Crippen molar-refractivity contribution in [3.8, 4) is 0 Å². The highest BCUT2D eigenvalue weighted by molar-refractivity contribution is 5.82. The molecule has 3 heteroatoms. The van der Waals surface area contributed by atoms with Crippen LogP contribution in [0.15, 0.2) is 0 Å². The van der Waals surface area contributed by atoms with Crippen molar-refractivity contribution in [1.82, 2.24) is 10.6 Å². The first-order valence-corrected chi connectivity index (χ1v) is 7.53. The van der Waals surface area contributed by atoms with Crippen molar-refractivity contribution in [2.75, 3.05) is 0 Å². The second kappa shape index (κ2) is 5.60. The Morgan fingerprint density at radius 3 is 2.44 bits per heavy atom. The lowest BCUT2D eigenvalue weighted by molar-refractivity contribution is -0.125. The molecule has 1 aliphatic carbocycles. The van der Waals surface area contributed by atoms with E-state index in [2.05, 4.69) is 31.4 Å². The third-order valence-electron chi connectivity index (χ3n) is 4.62. The van der Waals surface area contributed by atoms with Gasteiger partial charge in [0.2, 0.25) is 5.91 Å². The summed E-state index contributed by atoms with van der Waals surface area (Å²) in [5.74, 6) is 0.228.